The van der Waals surface area contributed by atoms with Crippen LogP contribution in [0.15, 0.2) is 36.4 Å². The number of likely N-dealkylation sites (tertiary alicyclic amines) is 1. The monoisotopic (exact) mass is 512 g/mol. The Hall–Kier alpha value is -2.87. The number of allylic oxidation sites excluding steroid dienone is 1. The zero-order chi connectivity index (χ0) is 27.3. The number of anilines is 2. The minimum atomic E-state index is -0.814. The number of hydrogen-bond donors (Lipinski definition) is 3. The van der Waals surface area contributed by atoms with Gasteiger partial charge < -0.3 is 25.5 Å². The molecular formula is C29H44N4O4. The highest BCUT2D eigenvalue weighted by atomic mass is 16.3. The molecule has 1 aromatic carbocycles. The van der Waals surface area contributed by atoms with Gasteiger partial charge in [0.05, 0.1) is 24.5 Å². The van der Waals surface area contributed by atoms with Gasteiger partial charge in [-0.1, -0.05) is 39.3 Å². The predicted octanol–water partition coefficient (Wildman–Crippen LogP) is 3.28. The summed E-state index contributed by atoms with van der Waals surface area (Å²) in [5.74, 6) is -2.49. The second kappa shape index (κ2) is 12.6. The second-order valence-corrected chi connectivity index (χ2v) is 10.5. The first-order chi connectivity index (χ1) is 17.7. The van der Waals surface area contributed by atoms with Gasteiger partial charge in [0, 0.05) is 37.4 Å². The molecule has 1 aromatic rings. The zero-order valence-electron chi connectivity index (χ0n) is 23.1. The number of amides is 3. The molecule has 0 saturated carbocycles. The van der Waals surface area contributed by atoms with Crippen molar-refractivity contribution in [2.75, 3.05) is 37.0 Å². The molecule has 1 saturated heterocycles. The quantitative estimate of drug-likeness (QED) is 0.395. The number of aliphatic hydroxyl groups is 1. The van der Waals surface area contributed by atoms with Crippen LogP contribution < -0.4 is 15.5 Å². The van der Waals surface area contributed by atoms with Gasteiger partial charge in [0.25, 0.3) is 0 Å². The number of aliphatic hydroxyl groups excluding tert-OH is 1. The maximum atomic E-state index is 14.0. The van der Waals surface area contributed by atoms with E-state index < -0.39 is 29.8 Å². The molecule has 3 amide bonds. The Bertz CT molecular complexity index is 973. The van der Waals surface area contributed by atoms with Crippen LogP contribution in [0.25, 0.3) is 0 Å². The molecule has 37 heavy (non-hydrogen) atoms. The molecule has 0 unspecified atom stereocenters. The van der Waals surface area contributed by atoms with Gasteiger partial charge in [-0.05, 0) is 56.4 Å². The van der Waals surface area contributed by atoms with Crippen LogP contribution in [0.4, 0.5) is 11.4 Å². The Balaban J connectivity index is 1.99. The van der Waals surface area contributed by atoms with Crippen molar-refractivity contribution in [3.05, 3.63) is 36.4 Å². The molecule has 1 fully saturated rings. The first kappa shape index (κ1) is 28.7. The van der Waals surface area contributed by atoms with Gasteiger partial charge in [-0.3, -0.25) is 14.4 Å². The molecule has 1 aliphatic carbocycles. The lowest BCUT2D eigenvalue weighted by Gasteiger charge is -2.35. The molecule has 0 aromatic heterocycles. The van der Waals surface area contributed by atoms with E-state index in [0.29, 0.717) is 5.69 Å². The van der Waals surface area contributed by atoms with Crippen LogP contribution in [0.2, 0.25) is 0 Å². The van der Waals surface area contributed by atoms with Crippen LogP contribution in [0.1, 0.15) is 47.5 Å². The Labute approximate surface area is 221 Å². The molecule has 0 bridgehead atoms. The van der Waals surface area contributed by atoms with Crippen molar-refractivity contribution in [3.63, 3.8) is 0 Å². The van der Waals surface area contributed by atoms with Gasteiger partial charge in [-0.2, -0.15) is 0 Å². The SMILES string of the molecule is CCC[C@@H]1C=C[C@H]2[C@H](C(=O)N([C@@H](CO)C(C)C)[C@@H]2C(=O)Nc2ccc(N(CC)CC)cc2)[C@@H]1C(=O)NC. The third-order valence-electron chi connectivity index (χ3n) is 8.06. The van der Waals surface area contributed by atoms with E-state index >= 15 is 0 Å². The standard InChI is InChI=1S/C29H44N4O4/c1-7-10-19-11-16-22-25(24(19)27(35)30-6)29(37)33(23(17-34)18(4)5)26(22)28(36)31-20-12-14-21(15-13-20)32(8-2)9-3/h11-16,18-19,22-26,34H,7-10,17H2,1-6H3,(H,30,35)(H,31,36)/t19-,22+,23+,24-,25+,26+/m1/s1. The molecule has 1 aliphatic heterocycles. The Morgan fingerprint density at radius 3 is 2.22 bits per heavy atom. The summed E-state index contributed by atoms with van der Waals surface area (Å²) in [7, 11) is 1.59. The highest BCUT2D eigenvalue weighted by Crippen LogP contribution is 2.46. The van der Waals surface area contributed by atoms with E-state index in [4.69, 9.17) is 0 Å². The average Bonchev–Trinajstić information content (AvgIpc) is 3.17. The van der Waals surface area contributed by atoms with E-state index in [2.05, 4.69) is 36.3 Å². The summed E-state index contributed by atoms with van der Waals surface area (Å²) in [4.78, 5) is 44.7. The minimum Gasteiger partial charge on any atom is -0.394 e. The fourth-order valence-corrected chi connectivity index (χ4v) is 6.12. The van der Waals surface area contributed by atoms with Gasteiger partial charge in [-0.15, -0.1) is 0 Å². The number of fused-ring (bicyclic) bond motifs is 1. The molecular weight excluding hydrogens is 468 g/mol. The number of nitrogens with one attached hydrogen (secondary N) is 2. The predicted molar refractivity (Wildman–Crippen MR) is 147 cm³/mol. The largest absolute Gasteiger partial charge is 0.394 e. The van der Waals surface area contributed by atoms with E-state index in [0.717, 1.165) is 31.6 Å². The summed E-state index contributed by atoms with van der Waals surface area (Å²) in [5, 5.41) is 16.0. The van der Waals surface area contributed by atoms with Crippen LogP contribution in [0, 0.1) is 29.6 Å². The van der Waals surface area contributed by atoms with Gasteiger partial charge in [0.15, 0.2) is 0 Å². The lowest BCUT2D eigenvalue weighted by Crippen LogP contribution is -2.52. The van der Waals surface area contributed by atoms with Crippen molar-refractivity contribution < 1.29 is 19.5 Å². The number of carbonyl (C=O) groups excluding carboxylic acids is 3. The van der Waals surface area contributed by atoms with Crippen LogP contribution in [-0.2, 0) is 14.4 Å². The first-order valence-corrected chi connectivity index (χ1v) is 13.7. The van der Waals surface area contributed by atoms with Gasteiger partial charge in [-0.25, -0.2) is 0 Å². The molecule has 0 radical (unpaired) electrons. The van der Waals surface area contributed by atoms with Crippen LogP contribution >= 0.6 is 0 Å². The summed E-state index contributed by atoms with van der Waals surface area (Å²) in [6.07, 6.45) is 5.65. The van der Waals surface area contributed by atoms with Crippen molar-refractivity contribution in [1.82, 2.24) is 10.2 Å². The highest BCUT2D eigenvalue weighted by Gasteiger charge is 2.58. The second-order valence-electron chi connectivity index (χ2n) is 10.5. The molecule has 204 valence electrons. The molecule has 8 heteroatoms. The lowest BCUT2D eigenvalue weighted by atomic mass is 9.68. The van der Waals surface area contributed by atoms with Gasteiger partial charge in [0.1, 0.15) is 6.04 Å². The normalized spacial score (nSPS) is 25.7. The summed E-state index contributed by atoms with van der Waals surface area (Å²) < 4.78 is 0. The van der Waals surface area contributed by atoms with Gasteiger partial charge in [0.2, 0.25) is 17.7 Å². The first-order valence-electron chi connectivity index (χ1n) is 13.7. The summed E-state index contributed by atoms with van der Waals surface area (Å²) in [6, 6.07) is 6.36. The van der Waals surface area contributed by atoms with E-state index in [9.17, 15) is 19.5 Å². The number of hydrogen-bond acceptors (Lipinski definition) is 5. The summed E-state index contributed by atoms with van der Waals surface area (Å²) in [6.45, 7) is 11.7. The average molecular weight is 513 g/mol. The Morgan fingerprint density at radius 2 is 1.70 bits per heavy atom. The van der Waals surface area contributed by atoms with Crippen LogP contribution in [0.5, 0.6) is 0 Å². The molecule has 3 N–H and O–H groups in total. The van der Waals surface area contributed by atoms with Crippen molar-refractivity contribution in [2.24, 2.45) is 29.6 Å². The molecule has 1 heterocycles. The third kappa shape index (κ3) is 5.69. The Kier molecular flexibility index (Phi) is 9.76. The van der Waals surface area contributed by atoms with E-state index in [1.807, 2.05) is 50.3 Å². The van der Waals surface area contributed by atoms with Crippen molar-refractivity contribution in [3.8, 4) is 0 Å². The van der Waals surface area contributed by atoms with Crippen molar-refractivity contribution in [2.45, 2.75) is 59.5 Å². The molecule has 2 aliphatic rings. The molecule has 0 spiro atoms. The fourth-order valence-electron chi connectivity index (χ4n) is 6.12. The molecule has 8 nitrogen and oxygen atoms in total. The maximum Gasteiger partial charge on any atom is 0.247 e. The Morgan fingerprint density at radius 1 is 1.05 bits per heavy atom. The number of nitrogens with zero attached hydrogens (tertiary/aromatic N) is 2. The number of rotatable bonds is 11. The highest BCUT2D eigenvalue weighted by molar-refractivity contribution is 6.02. The smallest absolute Gasteiger partial charge is 0.247 e. The third-order valence-corrected chi connectivity index (χ3v) is 8.06. The fraction of sp³-hybridized carbons (Fsp3) is 0.621. The molecule has 3 rings (SSSR count). The minimum absolute atomic E-state index is 0.0633. The number of carbonyl (C=O) groups is 3. The lowest BCUT2D eigenvalue weighted by molar-refractivity contribution is -0.143. The van der Waals surface area contributed by atoms with Crippen molar-refractivity contribution in [1.29, 1.82) is 0 Å². The topological polar surface area (TPSA) is 102 Å². The maximum absolute atomic E-state index is 14.0. The number of benzene rings is 1. The van der Waals surface area contributed by atoms with Crippen LogP contribution in [0.3, 0.4) is 0 Å². The van der Waals surface area contributed by atoms with Crippen LogP contribution in [-0.4, -0.2) is 66.6 Å². The van der Waals surface area contributed by atoms with Gasteiger partial charge >= 0.3 is 0 Å². The van der Waals surface area contributed by atoms with Crippen molar-refractivity contribution >= 4 is 29.1 Å². The summed E-state index contributed by atoms with van der Waals surface area (Å²) >= 11 is 0. The molecule has 6 atom stereocenters. The zero-order valence-corrected chi connectivity index (χ0v) is 23.1. The summed E-state index contributed by atoms with van der Waals surface area (Å²) in [5.41, 5.74) is 1.72. The van der Waals surface area contributed by atoms with E-state index in [1.54, 1.807) is 11.9 Å². The van der Waals surface area contributed by atoms with E-state index in [-0.39, 0.29) is 36.2 Å². The van der Waals surface area contributed by atoms with E-state index in [1.165, 1.54) is 0 Å².